The third-order valence-corrected chi connectivity index (χ3v) is 4.35. The first-order chi connectivity index (χ1) is 14.6. The summed E-state index contributed by atoms with van der Waals surface area (Å²) in [5.41, 5.74) is 5.32. The van der Waals surface area contributed by atoms with E-state index in [9.17, 15) is 22.8 Å². The minimum atomic E-state index is -4.54. The zero-order valence-corrected chi connectivity index (χ0v) is 16.6. The van der Waals surface area contributed by atoms with E-state index in [1.165, 1.54) is 25.3 Å². The van der Waals surface area contributed by atoms with Gasteiger partial charge in [-0.25, -0.2) is 0 Å². The number of methoxy groups -OCH3 is 1. The lowest BCUT2D eigenvalue weighted by Gasteiger charge is -2.14. The summed E-state index contributed by atoms with van der Waals surface area (Å²) >= 11 is 0. The van der Waals surface area contributed by atoms with Crippen molar-refractivity contribution in [2.24, 2.45) is 10.8 Å². The first kappa shape index (κ1) is 21.9. The zero-order chi connectivity index (χ0) is 22.8. The Morgan fingerprint density at radius 2 is 1.94 bits per heavy atom. The van der Waals surface area contributed by atoms with E-state index in [-0.39, 0.29) is 23.6 Å². The number of hydrogen-bond acceptors (Lipinski definition) is 5. The molecule has 1 heterocycles. The topological polar surface area (TPSA) is 94.2 Å². The number of alkyl halides is 3. The fraction of sp³-hybridized carbons (Fsp3) is 0.190. The molecule has 2 aromatic carbocycles. The maximum absolute atomic E-state index is 13.0. The summed E-state index contributed by atoms with van der Waals surface area (Å²) in [5.74, 6) is -0.612. The molecule has 2 N–H and O–H groups in total. The number of nitrogens with zero attached hydrogens (tertiary/aromatic N) is 2. The molecule has 1 aliphatic rings. The maximum Gasteiger partial charge on any atom is 0.416 e. The van der Waals surface area contributed by atoms with Gasteiger partial charge in [0.15, 0.2) is 18.1 Å². The summed E-state index contributed by atoms with van der Waals surface area (Å²) in [7, 11) is 1.41. The van der Waals surface area contributed by atoms with E-state index in [4.69, 9.17) is 15.2 Å². The molecule has 0 saturated heterocycles. The number of carbonyl (C=O) groups excluding carboxylic acids is 2. The van der Waals surface area contributed by atoms with Crippen LogP contribution < -0.4 is 20.2 Å². The van der Waals surface area contributed by atoms with Crippen molar-refractivity contribution in [3.63, 3.8) is 0 Å². The molecule has 162 valence electrons. The van der Waals surface area contributed by atoms with Crippen LogP contribution in [0.15, 0.2) is 53.1 Å². The van der Waals surface area contributed by atoms with Gasteiger partial charge in [0.25, 0.3) is 11.8 Å². The largest absolute Gasteiger partial charge is 0.493 e. The molecule has 0 bridgehead atoms. The predicted molar refractivity (Wildman–Crippen MR) is 108 cm³/mol. The lowest BCUT2D eigenvalue weighted by molar-refractivity contribution is -0.137. The smallest absolute Gasteiger partial charge is 0.416 e. The molecular weight excluding hydrogens is 415 g/mol. The fourth-order valence-electron chi connectivity index (χ4n) is 2.88. The number of nitrogens with two attached hydrogens (primary N) is 1. The fourth-order valence-corrected chi connectivity index (χ4v) is 2.88. The number of carbonyl (C=O) groups is 2. The summed E-state index contributed by atoms with van der Waals surface area (Å²) in [6, 6.07) is 9.13. The Morgan fingerprint density at radius 1 is 1.19 bits per heavy atom. The van der Waals surface area contributed by atoms with Crippen LogP contribution in [0.2, 0.25) is 0 Å². The number of primary amides is 1. The van der Waals surface area contributed by atoms with Crippen LogP contribution in [0.3, 0.4) is 0 Å². The highest BCUT2D eigenvalue weighted by Gasteiger charge is 2.33. The molecule has 1 aliphatic heterocycles. The molecule has 0 unspecified atom stereocenters. The number of ether oxygens (including phenoxy) is 2. The SMILES string of the molecule is COc1cc(/C=C2\C(=O)N(c3cccc(C(F)(F)F)c3)N=C2C)ccc1OCC(N)=O. The van der Waals surface area contributed by atoms with Crippen LogP contribution >= 0.6 is 0 Å². The van der Waals surface area contributed by atoms with Gasteiger partial charge in [-0.15, -0.1) is 0 Å². The van der Waals surface area contributed by atoms with Crippen molar-refractivity contribution in [2.45, 2.75) is 13.1 Å². The Bertz CT molecular complexity index is 1090. The first-order valence-corrected chi connectivity index (χ1v) is 8.98. The van der Waals surface area contributed by atoms with E-state index in [1.807, 2.05) is 0 Å². The molecule has 7 nitrogen and oxygen atoms in total. The maximum atomic E-state index is 13.0. The van der Waals surface area contributed by atoms with E-state index >= 15 is 0 Å². The van der Waals surface area contributed by atoms with E-state index < -0.39 is 23.6 Å². The highest BCUT2D eigenvalue weighted by molar-refractivity contribution is 6.32. The number of hydrazone groups is 1. The Hall–Kier alpha value is -3.82. The summed E-state index contributed by atoms with van der Waals surface area (Å²) in [6.45, 7) is 1.26. The Morgan fingerprint density at radius 3 is 2.58 bits per heavy atom. The van der Waals surface area contributed by atoms with Crippen molar-refractivity contribution in [3.05, 3.63) is 59.2 Å². The second kappa shape index (κ2) is 8.50. The van der Waals surface area contributed by atoms with Crippen LogP contribution in [0, 0.1) is 0 Å². The highest BCUT2D eigenvalue weighted by Crippen LogP contribution is 2.34. The normalized spacial score (nSPS) is 15.3. The van der Waals surface area contributed by atoms with Gasteiger partial charge in [0.1, 0.15) is 0 Å². The van der Waals surface area contributed by atoms with E-state index in [0.29, 0.717) is 17.0 Å². The van der Waals surface area contributed by atoms with Gasteiger partial charge in [-0.3, -0.25) is 9.59 Å². The predicted octanol–water partition coefficient (Wildman–Crippen LogP) is 3.38. The lowest BCUT2D eigenvalue weighted by atomic mass is 10.1. The first-order valence-electron chi connectivity index (χ1n) is 8.98. The molecule has 0 spiro atoms. The zero-order valence-electron chi connectivity index (χ0n) is 16.6. The van der Waals surface area contributed by atoms with Crippen molar-refractivity contribution in [1.82, 2.24) is 0 Å². The third kappa shape index (κ3) is 4.85. The van der Waals surface area contributed by atoms with Gasteiger partial charge in [0.05, 0.1) is 29.6 Å². The molecular formula is C21H18F3N3O4. The second-order valence-corrected chi connectivity index (χ2v) is 6.57. The molecule has 0 fully saturated rings. The minimum Gasteiger partial charge on any atom is -0.493 e. The lowest BCUT2D eigenvalue weighted by Crippen LogP contribution is -2.21. The Balaban J connectivity index is 1.89. The quantitative estimate of drug-likeness (QED) is 0.707. The van der Waals surface area contributed by atoms with Gasteiger partial charge < -0.3 is 15.2 Å². The van der Waals surface area contributed by atoms with E-state index in [2.05, 4.69) is 5.10 Å². The summed E-state index contributed by atoms with van der Waals surface area (Å²) < 4.78 is 49.5. The van der Waals surface area contributed by atoms with Crippen molar-refractivity contribution < 1.29 is 32.2 Å². The van der Waals surface area contributed by atoms with E-state index in [1.54, 1.807) is 25.1 Å². The third-order valence-electron chi connectivity index (χ3n) is 4.35. The number of halogens is 3. The van der Waals surface area contributed by atoms with Crippen LogP contribution in [0.4, 0.5) is 18.9 Å². The molecule has 0 radical (unpaired) electrons. The van der Waals surface area contributed by atoms with Crippen molar-refractivity contribution >= 4 is 29.3 Å². The van der Waals surface area contributed by atoms with Gasteiger partial charge in [-0.05, 0) is 48.9 Å². The van der Waals surface area contributed by atoms with E-state index in [0.717, 1.165) is 17.1 Å². The average molecular weight is 433 g/mol. The number of rotatable bonds is 6. The summed E-state index contributed by atoms with van der Waals surface area (Å²) in [6.07, 6.45) is -3.00. The van der Waals surface area contributed by atoms with Gasteiger partial charge in [-0.1, -0.05) is 12.1 Å². The van der Waals surface area contributed by atoms with Crippen molar-refractivity contribution in [2.75, 3.05) is 18.7 Å². The number of hydrogen-bond donors (Lipinski definition) is 1. The molecule has 0 aliphatic carbocycles. The average Bonchev–Trinajstić information content (AvgIpc) is 3.00. The van der Waals surface area contributed by atoms with Crippen LogP contribution in [-0.2, 0) is 15.8 Å². The molecule has 3 rings (SSSR count). The standard InChI is InChI=1S/C21H18F3N3O4/c1-12-16(8-13-6-7-17(18(9-13)30-2)31-11-19(25)28)20(29)27(26-12)15-5-3-4-14(10-15)21(22,23)24/h3-10H,11H2,1-2H3,(H2,25,28)/b16-8-. The number of amides is 2. The van der Waals surface area contributed by atoms with Gasteiger partial charge >= 0.3 is 6.18 Å². The molecule has 10 heteroatoms. The van der Waals surface area contributed by atoms with Gasteiger partial charge in [0.2, 0.25) is 0 Å². The minimum absolute atomic E-state index is 0.00959. The summed E-state index contributed by atoms with van der Waals surface area (Å²) in [5, 5.41) is 5.04. The highest BCUT2D eigenvalue weighted by atomic mass is 19.4. The molecule has 31 heavy (non-hydrogen) atoms. The Kier molecular flexibility index (Phi) is 6.00. The van der Waals surface area contributed by atoms with Crippen LogP contribution in [-0.4, -0.2) is 31.2 Å². The molecule has 2 amide bonds. The van der Waals surface area contributed by atoms with Crippen molar-refractivity contribution in [3.8, 4) is 11.5 Å². The second-order valence-electron chi connectivity index (χ2n) is 6.57. The summed E-state index contributed by atoms with van der Waals surface area (Å²) in [4.78, 5) is 23.7. The van der Waals surface area contributed by atoms with Crippen LogP contribution in [0.1, 0.15) is 18.1 Å². The van der Waals surface area contributed by atoms with Crippen LogP contribution in [0.5, 0.6) is 11.5 Å². The van der Waals surface area contributed by atoms with Crippen LogP contribution in [0.25, 0.3) is 6.08 Å². The molecule has 0 saturated carbocycles. The number of anilines is 1. The van der Waals surface area contributed by atoms with Crippen molar-refractivity contribution in [1.29, 1.82) is 0 Å². The Labute approximate surface area is 175 Å². The molecule has 0 aromatic heterocycles. The molecule has 0 atom stereocenters. The van der Waals surface area contributed by atoms with Gasteiger partial charge in [0, 0.05) is 0 Å². The monoisotopic (exact) mass is 433 g/mol. The van der Waals surface area contributed by atoms with Gasteiger partial charge in [-0.2, -0.15) is 23.3 Å². The number of benzene rings is 2. The molecule has 2 aromatic rings.